The number of nitrogens with one attached hydrogen (secondary N) is 3. The maximum Gasteiger partial charge on any atom is 0.237 e. The number of amides is 2. The van der Waals surface area contributed by atoms with Crippen molar-refractivity contribution in [3.63, 3.8) is 0 Å². The molecule has 0 unspecified atom stereocenters. The standard InChI is InChI=1S/C30H39N5O4/c1-4-21-19(17-34-30(37)24-11-7-8-13-32-24)10-9-12-23(21)35-29-20(14-28(31)36)18-33-25-16-27(39-6-3)26(38-5-2)15-22(25)29/h9-10,12,15-16,18,24,32H,4-8,11,13-14,17H2,1-3H3,(H2,31,36)(H,33,35)(H,34,37)/t24-/m1/s1. The number of pyridine rings is 1. The molecule has 3 aromatic rings. The lowest BCUT2D eigenvalue weighted by atomic mass is 10.00. The normalized spacial score (nSPS) is 15.1. The third kappa shape index (κ3) is 6.78. The monoisotopic (exact) mass is 533 g/mol. The Morgan fingerprint density at radius 3 is 2.51 bits per heavy atom. The van der Waals surface area contributed by atoms with Crippen molar-refractivity contribution in [3.8, 4) is 11.5 Å². The molecule has 2 aromatic carbocycles. The van der Waals surface area contributed by atoms with Gasteiger partial charge in [0.05, 0.1) is 36.9 Å². The molecule has 39 heavy (non-hydrogen) atoms. The predicted molar refractivity (Wildman–Crippen MR) is 154 cm³/mol. The molecule has 1 aliphatic rings. The number of rotatable bonds is 12. The number of aromatic nitrogens is 1. The molecule has 1 saturated heterocycles. The first kappa shape index (κ1) is 28.2. The number of nitrogens with two attached hydrogens (primary N) is 1. The van der Waals surface area contributed by atoms with Crippen molar-refractivity contribution in [2.24, 2.45) is 5.73 Å². The highest BCUT2D eigenvalue weighted by Crippen LogP contribution is 2.38. The Morgan fingerprint density at radius 2 is 1.85 bits per heavy atom. The SMILES string of the molecule is CCOc1cc2ncc(CC(N)=O)c(Nc3cccc(CNC(=O)[C@H]4CCCCN4)c3CC)c2cc1OCC. The zero-order chi connectivity index (χ0) is 27.8. The molecule has 0 aliphatic carbocycles. The van der Waals surface area contributed by atoms with Crippen LogP contribution in [0.4, 0.5) is 11.4 Å². The van der Waals surface area contributed by atoms with Crippen LogP contribution in [0, 0.1) is 0 Å². The number of primary amides is 1. The van der Waals surface area contributed by atoms with Crippen molar-refractivity contribution in [2.45, 2.75) is 65.5 Å². The fourth-order valence-electron chi connectivity index (χ4n) is 5.10. The molecular formula is C30H39N5O4. The molecule has 1 atom stereocenters. The van der Waals surface area contributed by atoms with Gasteiger partial charge in [0.1, 0.15) is 0 Å². The number of hydrogen-bond donors (Lipinski definition) is 4. The lowest BCUT2D eigenvalue weighted by Gasteiger charge is -2.23. The van der Waals surface area contributed by atoms with E-state index in [0.717, 1.165) is 60.1 Å². The Labute approximate surface area is 229 Å². The average Bonchev–Trinajstić information content (AvgIpc) is 2.94. The average molecular weight is 534 g/mol. The molecule has 1 aromatic heterocycles. The Balaban J connectivity index is 1.71. The van der Waals surface area contributed by atoms with E-state index in [0.29, 0.717) is 42.3 Å². The van der Waals surface area contributed by atoms with E-state index in [2.05, 4.69) is 27.9 Å². The number of piperidine rings is 1. The van der Waals surface area contributed by atoms with E-state index in [1.54, 1.807) is 6.20 Å². The van der Waals surface area contributed by atoms with Gasteiger partial charge in [-0.15, -0.1) is 0 Å². The van der Waals surface area contributed by atoms with Gasteiger partial charge in [-0.1, -0.05) is 25.5 Å². The summed E-state index contributed by atoms with van der Waals surface area (Å²) in [6.07, 6.45) is 5.50. The number of fused-ring (bicyclic) bond motifs is 1. The molecule has 2 amide bonds. The van der Waals surface area contributed by atoms with Crippen molar-refractivity contribution < 1.29 is 19.1 Å². The topological polar surface area (TPSA) is 128 Å². The van der Waals surface area contributed by atoms with Gasteiger partial charge >= 0.3 is 0 Å². The summed E-state index contributed by atoms with van der Waals surface area (Å²) in [4.78, 5) is 29.3. The van der Waals surface area contributed by atoms with Gasteiger partial charge in [0.15, 0.2) is 11.5 Å². The smallest absolute Gasteiger partial charge is 0.237 e. The van der Waals surface area contributed by atoms with E-state index < -0.39 is 5.91 Å². The summed E-state index contributed by atoms with van der Waals surface area (Å²) >= 11 is 0. The number of nitrogens with zero attached hydrogens (tertiary/aromatic N) is 1. The summed E-state index contributed by atoms with van der Waals surface area (Å²) in [7, 11) is 0. The van der Waals surface area contributed by atoms with Crippen LogP contribution in [0.25, 0.3) is 10.9 Å². The Bertz CT molecular complexity index is 1320. The van der Waals surface area contributed by atoms with Crippen LogP contribution in [-0.2, 0) is 29.0 Å². The first-order chi connectivity index (χ1) is 18.9. The molecule has 0 radical (unpaired) electrons. The molecule has 208 valence electrons. The van der Waals surface area contributed by atoms with E-state index in [-0.39, 0.29) is 18.4 Å². The van der Waals surface area contributed by atoms with Crippen LogP contribution in [-0.4, -0.2) is 42.6 Å². The van der Waals surface area contributed by atoms with Crippen molar-refractivity contribution >= 4 is 34.1 Å². The third-order valence-electron chi connectivity index (χ3n) is 6.94. The second kappa shape index (κ2) is 13.3. The van der Waals surface area contributed by atoms with Crippen molar-refractivity contribution in [2.75, 3.05) is 25.1 Å². The zero-order valence-corrected chi connectivity index (χ0v) is 23.1. The maximum absolute atomic E-state index is 12.7. The lowest BCUT2D eigenvalue weighted by Crippen LogP contribution is -2.46. The molecule has 1 fully saturated rings. The molecule has 9 nitrogen and oxygen atoms in total. The molecule has 0 bridgehead atoms. The number of anilines is 2. The van der Waals surface area contributed by atoms with Gasteiger partial charge in [-0.25, -0.2) is 0 Å². The summed E-state index contributed by atoms with van der Waals surface area (Å²) in [6.45, 7) is 8.22. The minimum absolute atomic E-state index is 0.0348. The minimum Gasteiger partial charge on any atom is -0.490 e. The van der Waals surface area contributed by atoms with Gasteiger partial charge in [0.2, 0.25) is 11.8 Å². The van der Waals surface area contributed by atoms with Crippen molar-refractivity contribution in [1.29, 1.82) is 0 Å². The molecule has 9 heteroatoms. The largest absolute Gasteiger partial charge is 0.490 e. The lowest BCUT2D eigenvalue weighted by molar-refractivity contribution is -0.123. The van der Waals surface area contributed by atoms with Crippen LogP contribution in [0.3, 0.4) is 0 Å². The van der Waals surface area contributed by atoms with Gasteiger partial charge in [0.25, 0.3) is 0 Å². The number of carbonyl (C=O) groups excluding carboxylic acids is 2. The third-order valence-corrected chi connectivity index (χ3v) is 6.94. The van der Waals surface area contributed by atoms with E-state index in [1.165, 1.54) is 0 Å². The highest BCUT2D eigenvalue weighted by molar-refractivity contribution is 5.98. The first-order valence-corrected chi connectivity index (χ1v) is 13.8. The van der Waals surface area contributed by atoms with Gasteiger partial charge in [-0.05, 0) is 62.9 Å². The molecule has 2 heterocycles. The summed E-state index contributed by atoms with van der Waals surface area (Å²) in [5, 5.41) is 10.8. The van der Waals surface area contributed by atoms with Crippen LogP contribution >= 0.6 is 0 Å². The molecule has 0 spiro atoms. The fourth-order valence-corrected chi connectivity index (χ4v) is 5.10. The second-order valence-corrected chi connectivity index (χ2v) is 9.63. The summed E-state index contributed by atoms with van der Waals surface area (Å²) in [6, 6.07) is 9.63. The molecule has 4 rings (SSSR count). The highest BCUT2D eigenvalue weighted by Gasteiger charge is 2.21. The Hall–Kier alpha value is -3.85. The zero-order valence-electron chi connectivity index (χ0n) is 23.1. The van der Waals surface area contributed by atoms with Crippen LogP contribution in [0.15, 0.2) is 36.5 Å². The molecule has 5 N–H and O–H groups in total. The van der Waals surface area contributed by atoms with E-state index >= 15 is 0 Å². The quantitative estimate of drug-likeness (QED) is 0.276. The summed E-state index contributed by atoms with van der Waals surface area (Å²) < 4.78 is 11.7. The molecular weight excluding hydrogens is 494 g/mol. The highest BCUT2D eigenvalue weighted by atomic mass is 16.5. The van der Waals surface area contributed by atoms with Gasteiger partial charge in [-0.2, -0.15) is 0 Å². The Kier molecular flexibility index (Phi) is 9.59. The van der Waals surface area contributed by atoms with E-state index in [1.807, 2.05) is 44.2 Å². The predicted octanol–water partition coefficient (Wildman–Crippen LogP) is 4.12. The van der Waals surface area contributed by atoms with Crippen molar-refractivity contribution in [3.05, 3.63) is 53.2 Å². The second-order valence-electron chi connectivity index (χ2n) is 9.63. The summed E-state index contributed by atoms with van der Waals surface area (Å²) in [5.74, 6) is 0.815. The number of benzene rings is 2. The fraction of sp³-hybridized carbons (Fsp3) is 0.433. The maximum atomic E-state index is 12.7. The first-order valence-electron chi connectivity index (χ1n) is 13.8. The number of ether oxygens (including phenoxy) is 2. The Morgan fingerprint density at radius 1 is 1.08 bits per heavy atom. The van der Waals surface area contributed by atoms with Crippen LogP contribution in [0.2, 0.25) is 0 Å². The number of carbonyl (C=O) groups is 2. The van der Waals surface area contributed by atoms with Crippen molar-refractivity contribution in [1.82, 2.24) is 15.6 Å². The van der Waals surface area contributed by atoms with Crippen LogP contribution in [0.1, 0.15) is 56.7 Å². The molecule has 0 saturated carbocycles. The number of hydrogen-bond acceptors (Lipinski definition) is 7. The van der Waals surface area contributed by atoms with E-state index in [4.69, 9.17) is 15.2 Å². The van der Waals surface area contributed by atoms with E-state index in [9.17, 15) is 9.59 Å². The van der Waals surface area contributed by atoms with Gasteiger partial charge in [0, 0.05) is 35.4 Å². The molecule has 1 aliphatic heterocycles. The van der Waals surface area contributed by atoms with Gasteiger partial charge in [-0.3, -0.25) is 14.6 Å². The van der Waals surface area contributed by atoms with Crippen LogP contribution in [0.5, 0.6) is 11.5 Å². The van der Waals surface area contributed by atoms with Crippen LogP contribution < -0.4 is 31.2 Å². The minimum atomic E-state index is -0.446. The summed E-state index contributed by atoms with van der Waals surface area (Å²) in [5.41, 5.74) is 10.7. The van der Waals surface area contributed by atoms with Gasteiger partial charge < -0.3 is 31.2 Å².